The van der Waals surface area contributed by atoms with Gasteiger partial charge in [-0.1, -0.05) is 38.5 Å². The molecule has 0 saturated carbocycles. The molecular weight excluding hydrogens is 200 g/mol. The van der Waals surface area contributed by atoms with Crippen LogP contribution >= 0.6 is 0 Å². The molecule has 0 bridgehead atoms. The van der Waals surface area contributed by atoms with Crippen LogP contribution in [0.15, 0.2) is 24.3 Å². The van der Waals surface area contributed by atoms with Crippen molar-refractivity contribution in [3.8, 4) is 5.75 Å². The van der Waals surface area contributed by atoms with Crippen LogP contribution in [0.25, 0.3) is 0 Å². The van der Waals surface area contributed by atoms with E-state index in [0.29, 0.717) is 0 Å². The highest BCUT2D eigenvalue weighted by molar-refractivity contribution is 5.35. The normalized spacial score (nSPS) is 12.4. The second kappa shape index (κ2) is 7.29. The van der Waals surface area contributed by atoms with Crippen molar-refractivity contribution in [1.82, 2.24) is 0 Å². The van der Waals surface area contributed by atoms with E-state index >= 15 is 0 Å². The average molecular weight is 222 g/mol. The summed E-state index contributed by atoms with van der Waals surface area (Å²) >= 11 is 0. The van der Waals surface area contributed by atoms with E-state index in [0.717, 1.165) is 31.6 Å². The molecule has 0 heterocycles. The summed E-state index contributed by atoms with van der Waals surface area (Å²) in [6.07, 6.45) is 3.32. The Morgan fingerprint density at radius 1 is 1.12 bits per heavy atom. The van der Waals surface area contributed by atoms with E-state index in [1.165, 1.54) is 5.56 Å². The van der Waals surface area contributed by atoms with Crippen LogP contribution in [0.1, 0.15) is 44.8 Å². The van der Waals surface area contributed by atoms with Gasteiger partial charge in [-0.3, -0.25) is 0 Å². The molecule has 0 aromatic heterocycles. The van der Waals surface area contributed by atoms with Crippen molar-refractivity contribution in [3.63, 3.8) is 0 Å². The van der Waals surface area contributed by atoms with Crippen molar-refractivity contribution in [2.45, 2.75) is 39.2 Å². The van der Waals surface area contributed by atoms with Gasteiger partial charge < -0.3 is 9.47 Å². The molecule has 0 saturated heterocycles. The lowest BCUT2D eigenvalue weighted by Crippen LogP contribution is -2.05. The number of methoxy groups -OCH3 is 1. The first-order valence-corrected chi connectivity index (χ1v) is 6.08. The molecule has 0 spiro atoms. The Hall–Kier alpha value is -1.02. The Morgan fingerprint density at radius 2 is 1.88 bits per heavy atom. The fourth-order valence-corrected chi connectivity index (χ4v) is 1.75. The summed E-state index contributed by atoms with van der Waals surface area (Å²) in [6, 6.07) is 8.16. The third-order valence-corrected chi connectivity index (χ3v) is 2.56. The molecule has 90 valence electrons. The topological polar surface area (TPSA) is 18.5 Å². The third-order valence-electron chi connectivity index (χ3n) is 2.56. The largest absolute Gasteiger partial charge is 0.493 e. The molecule has 0 aliphatic rings. The molecule has 0 fully saturated rings. The highest BCUT2D eigenvalue weighted by Gasteiger charge is 2.14. The minimum absolute atomic E-state index is 0.151. The van der Waals surface area contributed by atoms with Crippen molar-refractivity contribution >= 4 is 0 Å². The van der Waals surface area contributed by atoms with Crippen LogP contribution in [0.2, 0.25) is 0 Å². The SMILES string of the molecule is CCCOc1ccccc1C(CCC)OC. The Morgan fingerprint density at radius 3 is 2.50 bits per heavy atom. The molecule has 2 nitrogen and oxygen atoms in total. The van der Waals surface area contributed by atoms with Crippen molar-refractivity contribution < 1.29 is 9.47 Å². The van der Waals surface area contributed by atoms with Crippen LogP contribution in [0.5, 0.6) is 5.75 Å². The summed E-state index contributed by atoms with van der Waals surface area (Å²) in [7, 11) is 1.76. The van der Waals surface area contributed by atoms with E-state index in [4.69, 9.17) is 9.47 Å². The molecule has 0 amide bonds. The second-order valence-corrected chi connectivity index (χ2v) is 3.90. The standard InChI is InChI=1S/C14H22O2/c1-4-8-13(15-3)12-9-6-7-10-14(12)16-11-5-2/h6-7,9-10,13H,4-5,8,11H2,1-3H3. The van der Waals surface area contributed by atoms with E-state index in [1.807, 2.05) is 18.2 Å². The number of para-hydroxylation sites is 1. The van der Waals surface area contributed by atoms with Crippen LogP contribution in [0.4, 0.5) is 0 Å². The van der Waals surface area contributed by atoms with Crippen molar-refractivity contribution in [3.05, 3.63) is 29.8 Å². The fraction of sp³-hybridized carbons (Fsp3) is 0.571. The first-order chi connectivity index (χ1) is 7.83. The van der Waals surface area contributed by atoms with E-state index in [1.54, 1.807) is 7.11 Å². The van der Waals surface area contributed by atoms with Crippen molar-refractivity contribution in [1.29, 1.82) is 0 Å². The summed E-state index contributed by atoms with van der Waals surface area (Å²) < 4.78 is 11.3. The lowest BCUT2D eigenvalue weighted by molar-refractivity contribution is 0.0918. The maximum Gasteiger partial charge on any atom is 0.125 e. The highest BCUT2D eigenvalue weighted by Crippen LogP contribution is 2.30. The third kappa shape index (κ3) is 3.53. The van der Waals surface area contributed by atoms with Gasteiger partial charge in [0.2, 0.25) is 0 Å². The molecule has 1 rings (SSSR count). The van der Waals surface area contributed by atoms with Crippen molar-refractivity contribution in [2.75, 3.05) is 13.7 Å². The first kappa shape index (κ1) is 13.0. The zero-order valence-corrected chi connectivity index (χ0v) is 10.5. The smallest absolute Gasteiger partial charge is 0.125 e. The van der Waals surface area contributed by atoms with Crippen LogP contribution in [0.3, 0.4) is 0 Å². The van der Waals surface area contributed by atoms with Gasteiger partial charge in [-0.15, -0.1) is 0 Å². The lowest BCUT2D eigenvalue weighted by Gasteiger charge is -2.18. The summed E-state index contributed by atoms with van der Waals surface area (Å²) in [5.74, 6) is 0.963. The molecule has 1 unspecified atom stereocenters. The monoisotopic (exact) mass is 222 g/mol. The molecule has 0 N–H and O–H groups in total. The number of benzene rings is 1. The summed E-state index contributed by atoms with van der Waals surface area (Å²) in [6.45, 7) is 5.05. The van der Waals surface area contributed by atoms with Gasteiger partial charge in [-0.05, 0) is 18.9 Å². The lowest BCUT2D eigenvalue weighted by atomic mass is 10.0. The molecule has 0 radical (unpaired) electrons. The number of hydrogen-bond acceptors (Lipinski definition) is 2. The molecule has 2 heteroatoms. The van der Waals surface area contributed by atoms with E-state index < -0.39 is 0 Å². The number of ether oxygens (including phenoxy) is 2. The van der Waals surface area contributed by atoms with Crippen LogP contribution in [-0.2, 0) is 4.74 Å². The minimum Gasteiger partial charge on any atom is -0.493 e. The molecule has 16 heavy (non-hydrogen) atoms. The van der Waals surface area contributed by atoms with Crippen LogP contribution in [-0.4, -0.2) is 13.7 Å². The predicted molar refractivity (Wildman–Crippen MR) is 66.9 cm³/mol. The van der Waals surface area contributed by atoms with Crippen molar-refractivity contribution in [2.24, 2.45) is 0 Å². The minimum atomic E-state index is 0.151. The molecular formula is C14H22O2. The van der Waals surface area contributed by atoms with Gasteiger partial charge in [0.15, 0.2) is 0 Å². The molecule has 1 atom stereocenters. The summed E-state index contributed by atoms with van der Waals surface area (Å²) in [4.78, 5) is 0. The van der Waals surface area contributed by atoms with Gasteiger partial charge >= 0.3 is 0 Å². The van der Waals surface area contributed by atoms with Gasteiger partial charge in [0.25, 0.3) is 0 Å². The Balaban J connectivity index is 2.82. The Labute approximate surface area is 98.6 Å². The maximum absolute atomic E-state index is 5.74. The number of hydrogen-bond donors (Lipinski definition) is 0. The van der Waals surface area contributed by atoms with Gasteiger partial charge in [0.05, 0.1) is 12.7 Å². The van der Waals surface area contributed by atoms with Crippen LogP contribution in [0, 0.1) is 0 Å². The Bertz CT molecular complexity index is 297. The fourth-order valence-electron chi connectivity index (χ4n) is 1.75. The first-order valence-electron chi connectivity index (χ1n) is 6.08. The second-order valence-electron chi connectivity index (χ2n) is 3.90. The predicted octanol–water partition coefficient (Wildman–Crippen LogP) is 3.96. The molecule has 1 aromatic rings. The van der Waals surface area contributed by atoms with Gasteiger partial charge in [-0.2, -0.15) is 0 Å². The zero-order chi connectivity index (χ0) is 11.8. The van der Waals surface area contributed by atoms with Gasteiger partial charge in [-0.25, -0.2) is 0 Å². The van der Waals surface area contributed by atoms with E-state index in [-0.39, 0.29) is 6.10 Å². The van der Waals surface area contributed by atoms with Gasteiger partial charge in [0.1, 0.15) is 5.75 Å². The van der Waals surface area contributed by atoms with Crippen LogP contribution < -0.4 is 4.74 Å². The molecule has 0 aliphatic carbocycles. The number of rotatable bonds is 7. The maximum atomic E-state index is 5.74. The zero-order valence-electron chi connectivity index (χ0n) is 10.5. The molecule has 1 aromatic carbocycles. The quantitative estimate of drug-likeness (QED) is 0.695. The molecule has 0 aliphatic heterocycles. The highest BCUT2D eigenvalue weighted by atomic mass is 16.5. The summed E-state index contributed by atoms with van der Waals surface area (Å²) in [5, 5.41) is 0. The van der Waals surface area contributed by atoms with Gasteiger partial charge in [0, 0.05) is 12.7 Å². The summed E-state index contributed by atoms with van der Waals surface area (Å²) in [5.41, 5.74) is 1.17. The average Bonchev–Trinajstić information content (AvgIpc) is 2.34. The Kier molecular flexibility index (Phi) is 5.94. The van der Waals surface area contributed by atoms with E-state index in [2.05, 4.69) is 19.9 Å². The van der Waals surface area contributed by atoms with E-state index in [9.17, 15) is 0 Å².